The van der Waals surface area contributed by atoms with Crippen LogP contribution in [0.25, 0.3) is 0 Å². The van der Waals surface area contributed by atoms with Crippen LogP contribution in [0.5, 0.6) is 5.75 Å². The molecule has 0 unspecified atom stereocenters. The number of sulfonamides is 1. The summed E-state index contributed by atoms with van der Waals surface area (Å²) in [5, 5.41) is 14.8. The summed E-state index contributed by atoms with van der Waals surface area (Å²) in [5.74, 6) is 0.837. The summed E-state index contributed by atoms with van der Waals surface area (Å²) >= 11 is 1.83. The van der Waals surface area contributed by atoms with Crippen LogP contribution >= 0.6 is 11.8 Å². The van der Waals surface area contributed by atoms with Crippen molar-refractivity contribution in [1.29, 1.82) is 0 Å². The first-order valence-electron chi connectivity index (χ1n) is 11.0. The molecule has 0 aliphatic heterocycles. The predicted octanol–water partition coefficient (Wildman–Crippen LogP) is 3.90. The molecular formula is C23H29N3O6S2. The van der Waals surface area contributed by atoms with Crippen molar-refractivity contribution < 1.29 is 22.9 Å². The predicted molar refractivity (Wildman–Crippen MR) is 133 cm³/mol. The van der Waals surface area contributed by atoms with Gasteiger partial charge in [-0.2, -0.15) is 11.8 Å². The Balaban J connectivity index is 1.80. The molecule has 3 rings (SSSR count). The van der Waals surface area contributed by atoms with E-state index in [-0.39, 0.29) is 16.3 Å². The number of hydrogen-bond acceptors (Lipinski definition) is 7. The molecule has 2 aromatic rings. The second-order valence-electron chi connectivity index (χ2n) is 8.04. The van der Waals surface area contributed by atoms with Gasteiger partial charge in [0.1, 0.15) is 12.3 Å². The van der Waals surface area contributed by atoms with Crippen LogP contribution < -0.4 is 14.4 Å². The Morgan fingerprint density at radius 1 is 1.21 bits per heavy atom. The molecule has 1 N–H and O–H groups in total. The van der Waals surface area contributed by atoms with Crippen LogP contribution in [0, 0.1) is 17.0 Å². The van der Waals surface area contributed by atoms with Crippen molar-refractivity contribution in [2.45, 2.75) is 42.8 Å². The van der Waals surface area contributed by atoms with Crippen molar-refractivity contribution in [2.75, 3.05) is 30.3 Å². The second kappa shape index (κ2) is 11.6. The maximum absolute atomic E-state index is 13.5. The number of rotatable bonds is 11. The lowest BCUT2D eigenvalue weighted by Gasteiger charge is -2.24. The van der Waals surface area contributed by atoms with Gasteiger partial charge in [-0.1, -0.05) is 18.9 Å². The normalized spacial score (nSPS) is 14.1. The topological polar surface area (TPSA) is 119 Å². The van der Waals surface area contributed by atoms with E-state index in [0.29, 0.717) is 23.1 Å². The maximum Gasteiger partial charge on any atom is 0.273 e. The lowest BCUT2D eigenvalue weighted by atomic mass is 10.2. The molecule has 9 nitrogen and oxygen atoms in total. The van der Waals surface area contributed by atoms with E-state index in [1.54, 1.807) is 12.1 Å². The quantitative estimate of drug-likeness (QED) is 0.278. The summed E-state index contributed by atoms with van der Waals surface area (Å²) in [6, 6.07) is 9.96. The molecule has 0 saturated heterocycles. The third-order valence-corrected chi connectivity index (χ3v) is 8.85. The Labute approximate surface area is 204 Å². The van der Waals surface area contributed by atoms with Crippen LogP contribution in [0.3, 0.4) is 0 Å². The van der Waals surface area contributed by atoms with E-state index in [2.05, 4.69) is 5.32 Å². The van der Waals surface area contributed by atoms with Crippen molar-refractivity contribution >= 4 is 39.1 Å². The number of anilines is 1. The molecule has 1 aliphatic rings. The van der Waals surface area contributed by atoms with E-state index in [0.717, 1.165) is 16.1 Å². The standard InChI is InChI=1S/C23H29N3O6S2/c1-17-7-12-21(15-22(17)26(28)29)34(30,31)25(18-8-10-19(32-2)11-9-18)16-23(27)24-13-14-33-20-5-3-4-6-20/h7-12,15,20H,3-6,13-14,16H2,1-2H3,(H,24,27). The van der Waals surface area contributed by atoms with Crippen LogP contribution in [0.2, 0.25) is 0 Å². The first kappa shape index (κ1) is 25.8. The number of carbonyl (C=O) groups is 1. The van der Waals surface area contributed by atoms with E-state index in [1.807, 2.05) is 11.8 Å². The molecule has 0 aromatic heterocycles. The molecule has 11 heteroatoms. The van der Waals surface area contributed by atoms with Gasteiger partial charge in [-0.05, 0) is 50.1 Å². The van der Waals surface area contributed by atoms with Crippen molar-refractivity contribution in [3.8, 4) is 5.75 Å². The summed E-state index contributed by atoms with van der Waals surface area (Å²) in [6.45, 7) is 1.52. The molecule has 0 heterocycles. The highest BCUT2D eigenvalue weighted by Gasteiger charge is 2.29. The summed E-state index contributed by atoms with van der Waals surface area (Å²) in [4.78, 5) is 23.2. The Morgan fingerprint density at radius 3 is 2.50 bits per heavy atom. The number of ether oxygens (including phenoxy) is 1. The Kier molecular flexibility index (Phi) is 8.78. The number of hydrogen-bond donors (Lipinski definition) is 1. The largest absolute Gasteiger partial charge is 0.497 e. The van der Waals surface area contributed by atoms with Gasteiger partial charge in [0.15, 0.2) is 0 Å². The van der Waals surface area contributed by atoms with Gasteiger partial charge in [-0.25, -0.2) is 8.42 Å². The van der Waals surface area contributed by atoms with Crippen LogP contribution in [0.1, 0.15) is 31.2 Å². The van der Waals surface area contributed by atoms with Crippen LogP contribution in [-0.4, -0.2) is 50.5 Å². The Hall–Kier alpha value is -2.79. The van der Waals surface area contributed by atoms with Gasteiger partial charge in [-0.15, -0.1) is 0 Å². The van der Waals surface area contributed by atoms with Gasteiger partial charge in [0.2, 0.25) is 5.91 Å². The van der Waals surface area contributed by atoms with Gasteiger partial charge >= 0.3 is 0 Å². The summed E-state index contributed by atoms with van der Waals surface area (Å²) in [7, 11) is -2.77. The molecule has 184 valence electrons. The number of nitrogens with zero attached hydrogens (tertiary/aromatic N) is 2. The van der Waals surface area contributed by atoms with Crippen LogP contribution in [-0.2, 0) is 14.8 Å². The highest BCUT2D eigenvalue weighted by atomic mass is 32.2. The third-order valence-electron chi connectivity index (χ3n) is 5.69. The number of nitro groups is 1. The summed E-state index contributed by atoms with van der Waals surface area (Å²) in [5.41, 5.74) is 0.293. The lowest BCUT2D eigenvalue weighted by molar-refractivity contribution is -0.385. The van der Waals surface area contributed by atoms with Crippen molar-refractivity contribution in [1.82, 2.24) is 5.32 Å². The molecule has 1 aliphatic carbocycles. The zero-order valence-electron chi connectivity index (χ0n) is 19.2. The average Bonchev–Trinajstić information content (AvgIpc) is 3.34. The molecule has 1 saturated carbocycles. The number of benzene rings is 2. The first-order valence-corrected chi connectivity index (χ1v) is 13.5. The number of nitrogens with one attached hydrogen (secondary N) is 1. The number of thioether (sulfide) groups is 1. The number of carbonyl (C=O) groups excluding carboxylic acids is 1. The van der Waals surface area contributed by atoms with E-state index in [1.165, 1.54) is 64.0 Å². The first-order chi connectivity index (χ1) is 16.2. The van der Waals surface area contributed by atoms with Gasteiger partial charge in [0.25, 0.3) is 15.7 Å². The molecule has 34 heavy (non-hydrogen) atoms. The molecule has 0 atom stereocenters. The monoisotopic (exact) mass is 507 g/mol. The number of nitro benzene ring substituents is 1. The third kappa shape index (κ3) is 6.41. The fourth-order valence-electron chi connectivity index (χ4n) is 3.79. The van der Waals surface area contributed by atoms with Gasteiger partial charge < -0.3 is 10.1 Å². The maximum atomic E-state index is 13.5. The summed E-state index contributed by atoms with van der Waals surface area (Å²) in [6.07, 6.45) is 4.89. The van der Waals surface area contributed by atoms with Crippen molar-refractivity contribution in [2.24, 2.45) is 0 Å². The highest BCUT2D eigenvalue weighted by molar-refractivity contribution is 7.99. The fraction of sp³-hybridized carbons (Fsp3) is 0.435. The Morgan fingerprint density at radius 2 is 1.88 bits per heavy atom. The number of aryl methyl sites for hydroxylation is 1. The highest BCUT2D eigenvalue weighted by Crippen LogP contribution is 2.30. The molecule has 0 bridgehead atoms. The summed E-state index contributed by atoms with van der Waals surface area (Å²) < 4.78 is 33.1. The average molecular weight is 508 g/mol. The van der Waals surface area contributed by atoms with E-state index < -0.39 is 27.4 Å². The fourth-order valence-corrected chi connectivity index (χ4v) is 6.46. The number of amides is 1. The second-order valence-corrected chi connectivity index (χ2v) is 11.3. The van der Waals surface area contributed by atoms with E-state index >= 15 is 0 Å². The zero-order chi connectivity index (χ0) is 24.7. The van der Waals surface area contributed by atoms with Gasteiger partial charge in [0, 0.05) is 29.2 Å². The van der Waals surface area contributed by atoms with E-state index in [4.69, 9.17) is 4.74 Å². The van der Waals surface area contributed by atoms with Crippen molar-refractivity contribution in [3.05, 3.63) is 58.1 Å². The minimum Gasteiger partial charge on any atom is -0.497 e. The van der Waals surface area contributed by atoms with Gasteiger partial charge in [-0.3, -0.25) is 19.2 Å². The zero-order valence-corrected chi connectivity index (χ0v) is 20.9. The lowest BCUT2D eigenvalue weighted by Crippen LogP contribution is -2.41. The molecule has 2 aromatic carbocycles. The minimum absolute atomic E-state index is 0.250. The van der Waals surface area contributed by atoms with Gasteiger partial charge in [0.05, 0.1) is 22.6 Å². The molecule has 1 fully saturated rings. The van der Waals surface area contributed by atoms with Crippen LogP contribution in [0.4, 0.5) is 11.4 Å². The van der Waals surface area contributed by atoms with E-state index in [9.17, 15) is 23.3 Å². The smallest absolute Gasteiger partial charge is 0.273 e. The van der Waals surface area contributed by atoms with Crippen LogP contribution in [0.15, 0.2) is 47.4 Å². The van der Waals surface area contributed by atoms with Crippen molar-refractivity contribution in [3.63, 3.8) is 0 Å². The number of methoxy groups -OCH3 is 1. The molecule has 0 spiro atoms. The molecule has 0 radical (unpaired) electrons. The molecular weight excluding hydrogens is 478 g/mol. The minimum atomic E-state index is -4.26. The SMILES string of the molecule is COc1ccc(N(CC(=O)NCCSC2CCCC2)S(=O)(=O)c2ccc(C)c([N+](=O)[O-])c2)cc1. The molecule has 1 amide bonds. The Bertz CT molecular complexity index is 1120.